The highest BCUT2D eigenvalue weighted by Crippen LogP contribution is 2.36. The summed E-state index contributed by atoms with van der Waals surface area (Å²) in [6, 6.07) is 12.2. The molecule has 2 aromatic heterocycles. The third-order valence-electron chi connectivity index (χ3n) is 6.45. The number of benzene rings is 2. The lowest BCUT2D eigenvalue weighted by Gasteiger charge is -2.23. The van der Waals surface area contributed by atoms with E-state index in [2.05, 4.69) is 25.9 Å². The minimum Gasteiger partial charge on any atom is -0.451 e. The monoisotopic (exact) mass is 584 g/mol. The van der Waals surface area contributed by atoms with Crippen LogP contribution in [-0.2, 0) is 6.18 Å². The molecule has 1 aliphatic rings. The van der Waals surface area contributed by atoms with Gasteiger partial charge in [-0.1, -0.05) is 23.7 Å². The van der Waals surface area contributed by atoms with Gasteiger partial charge in [0.1, 0.15) is 5.76 Å². The van der Waals surface area contributed by atoms with E-state index >= 15 is 0 Å². The zero-order valence-corrected chi connectivity index (χ0v) is 22.1. The van der Waals surface area contributed by atoms with Crippen LogP contribution in [-0.4, -0.2) is 40.9 Å². The van der Waals surface area contributed by atoms with E-state index in [0.717, 1.165) is 37.6 Å². The highest BCUT2D eigenvalue weighted by molar-refractivity contribution is 6.33. The molecule has 1 saturated heterocycles. The zero-order valence-electron chi connectivity index (χ0n) is 21.4. The number of hydrogen-bond donors (Lipinski definition) is 4. The molecule has 5 rings (SSSR count). The summed E-state index contributed by atoms with van der Waals surface area (Å²) >= 11 is 6.09. The molecule has 3 heterocycles. The number of halogens is 4. The zero-order chi connectivity index (χ0) is 29.1. The van der Waals surface area contributed by atoms with E-state index in [1.54, 1.807) is 24.3 Å². The lowest BCUT2D eigenvalue weighted by Crippen LogP contribution is -2.46. The predicted molar refractivity (Wildman–Crippen MR) is 147 cm³/mol. The van der Waals surface area contributed by atoms with E-state index in [1.165, 1.54) is 18.3 Å². The average molecular weight is 585 g/mol. The summed E-state index contributed by atoms with van der Waals surface area (Å²) in [6.45, 7) is 1.56. The van der Waals surface area contributed by atoms with Gasteiger partial charge in [-0.15, -0.1) is 0 Å². The number of aromatic nitrogens is 2. The summed E-state index contributed by atoms with van der Waals surface area (Å²) in [5, 5.41) is 8.87. The normalized spacial score (nSPS) is 15.4. The van der Waals surface area contributed by atoms with Gasteiger partial charge in [0.05, 0.1) is 22.5 Å². The van der Waals surface area contributed by atoms with Gasteiger partial charge in [0, 0.05) is 29.4 Å². The van der Waals surface area contributed by atoms with E-state index in [4.69, 9.17) is 21.8 Å². The Bertz CT molecular complexity index is 1600. The molecule has 0 unspecified atom stereocenters. The summed E-state index contributed by atoms with van der Waals surface area (Å²) in [5.74, 6) is -1.20. The fraction of sp³-hybridized carbons (Fsp3) is 0.214. The topological polar surface area (TPSA) is 135 Å². The number of carbonyl (C=O) groups is 2. The second kappa shape index (κ2) is 11.6. The number of rotatable bonds is 6. The highest BCUT2D eigenvalue weighted by atomic mass is 35.5. The van der Waals surface area contributed by atoms with Crippen LogP contribution < -0.4 is 21.7 Å². The van der Waals surface area contributed by atoms with Crippen molar-refractivity contribution in [2.75, 3.05) is 24.1 Å². The quantitative estimate of drug-likeness (QED) is 0.238. The van der Waals surface area contributed by atoms with Gasteiger partial charge >= 0.3 is 6.18 Å². The Kier molecular flexibility index (Phi) is 7.95. The number of nitrogen functional groups attached to an aromatic ring is 1. The van der Waals surface area contributed by atoms with Crippen LogP contribution >= 0.6 is 11.6 Å². The number of nitrogens with zero attached hydrogens (tertiary/aromatic N) is 2. The van der Waals surface area contributed by atoms with E-state index in [0.29, 0.717) is 23.5 Å². The molecule has 2 amide bonds. The first-order chi connectivity index (χ1) is 19.6. The number of hydrogen-bond acceptors (Lipinski definition) is 7. The fourth-order valence-electron chi connectivity index (χ4n) is 4.38. The molecular weight excluding hydrogens is 561 g/mol. The van der Waals surface area contributed by atoms with Crippen molar-refractivity contribution in [1.29, 1.82) is 0 Å². The Morgan fingerprint density at radius 3 is 2.68 bits per heavy atom. The summed E-state index contributed by atoms with van der Waals surface area (Å²) < 4.78 is 45.0. The van der Waals surface area contributed by atoms with Crippen LogP contribution in [0.15, 0.2) is 65.2 Å². The first kappa shape index (κ1) is 28.1. The molecule has 0 spiro atoms. The van der Waals surface area contributed by atoms with Gasteiger partial charge in [-0.2, -0.15) is 13.2 Å². The molecule has 0 radical (unpaired) electrons. The van der Waals surface area contributed by atoms with Crippen LogP contribution in [0.2, 0.25) is 5.02 Å². The average Bonchev–Trinajstić information content (AvgIpc) is 3.44. The maximum atomic E-state index is 13.1. The number of anilines is 2. The molecule has 1 fully saturated rings. The van der Waals surface area contributed by atoms with Crippen LogP contribution in [0.25, 0.3) is 22.6 Å². The third-order valence-corrected chi connectivity index (χ3v) is 6.78. The molecule has 212 valence electrons. The van der Waals surface area contributed by atoms with Gasteiger partial charge in [-0.25, -0.2) is 9.97 Å². The number of amides is 2. The lowest BCUT2D eigenvalue weighted by molar-refractivity contribution is -0.137. The number of nitrogens with two attached hydrogens (primary N) is 1. The smallest absolute Gasteiger partial charge is 0.416 e. The number of carbonyl (C=O) groups excluding carboxylic acids is 2. The number of furan rings is 1. The Labute approximate surface area is 237 Å². The second-order valence-electron chi connectivity index (χ2n) is 9.40. The minimum atomic E-state index is -4.57. The standard InChI is InChI=1S/C28H24ClF3N6O3/c29-20-7-6-16(28(30,31)32)12-19(20)22-8-9-23(41-22)26(39)36-17-4-1-3-15(11-17)21-14-35-25(33)24(38-21)27(40)37-18-5-2-10-34-13-18/h1,3-4,6-9,11-12,14,18,34H,2,5,10,13H2,(H2,33,35)(H,36,39)(H,37,40)/t18-/m0/s1. The van der Waals surface area contributed by atoms with Crippen LogP contribution in [0.1, 0.15) is 39.4 Å². The summed E-state index contributed by atoms with van der Waals surface area (Å²) in [6.07, 6.45) is -1.35. The van der Waals surface area contributed by atoms with Crippen molar-refractivity contribution in [3.05, 3.63) is 82.8 Å². The number of piperidine rings is 1. The van der Waals surface area contributed by atoms with E-state index in [9.17, 15) is 22.8 Å². The molecule has 0 bridgehead atoms. The molecule has 5 N–H and O–H groups in total. The number of alkyl halides is 3. The van der Waals surface area contributed by atoms with Gasteiger partial charge in [-0.05, 0) is 61.9 Å². The van der Waals surface area contributed by atoms with E-state index in [-0.39, 0.29) is 39.7 Å². The lowest BCUT2D eigenvalue weighted by atomic mass is 10.1. The molecule has 4 aromatic rings. The van der Waals surface area contributed by atoms with Gasteiger partial charge < -0.3 is 26.1 Å². The van der Waals surface area contributed by atoms with Crippen molar-refractivity contribution >= 4 is 34.9 Å². The number of nitrogens with one attached hydrogen (secondary N) is 3. The van der Waals surface area contributed by atoms with E-state index < -0.39 is 23.6 Å². The van der Waals surface area contributed by atoms with Gasteiger partial charge in [0.25, 0.3) is 11.8 Å². The highest BCUT2D eigenvalue weighted by Gasteiger charge is 2.31. The van der Waals surface area contributed by atoms with Crippen LogP contribution in [0, 0.1) is 0 Å². The summed E-state index contributed by atoms with van der Waals surface area (Å²) in [7, 11) is 0. The molecule has 0 aliphatic carbocycles. The Morgan fingerprint density at radius 1 is 1.10 bits per heavy atom. The van der Waals surface area contributed by atoms with Crippen molar-refractivity contribution in [3.63, 3.8) is 0 Å². The molecule has 41 heavy (non-hydrogen) atoms. The first-order valence-corrected chi connectivity index (χ1v) is 13.0. The van der Waals surface area contributed by atoms with Crippen molar-refractivity contribution in [1.82, 2.24) is 20.6 Å². The fourth-order valence-corrected chi connectivity index (χ4v) is 4.59. The van der Waals surface area contributed by atoms with Gasteiger partial charge in [0.15, 0.2) is 17.3 Å². The Morgan fingerprint density at radius 2 is 1.93 bits per heavy atom. The van der Waals surface area contributed by atoms with Gasteiger partial charge in [-0.3, -0.25) is 9.59 Å². The Hall–Kier alpha value is -4.42. The SMILES string of the molecule is Nc1ncc(-c2cccc(NC(=O)c3ccc(-c4cc(C(F)(F)F)ccc4Cl)o3)c2)nc1C(=O)N[C@H]1CCCNC1. The molecule has 0 saturated carbocycles. The molecule has 2 aromatic carbocycles. The largest absolute Gasteiger partial charge is 0.451 e. The van der Waals surface area contributed by atoms with Crippen LogP contribution in [0.3, 0.4) is 0 Å². The molecule has 9 nitrogen and oxygen atoms in total. The third kappa shape index (κ3) is 6.50. The van der Waals surface area contributed by atoms with Crippen LogP contribution in [0.5, 0.6) is 0 Å². The molecule has 13 heteroatoms. The summed E-state index contributed by atoms with van der Waals surface area (Å²) in [5.41, 5.74) is 6.34. The summed E-state index contributed by atoms with van der Waals surface area (Å²) in [4.78, 5) is 34.2. The molecular formula is C28H24ClF3N6O3. The second-order valence-corrected chi connectivity index (χ2v) is 9.80. The molecule has 1 atom stereocenters. The molecule has 1 aliphatic heterocycles. The van der Waals surface area contributed by atoms with Gasteiger partial charge in [0.2, 0.25) is 0 Å². The first-order valence-electron chi connectivity index (χ1n) is 12.6. The van der Waals surface area contributed by atoms with Crippen molar-refractivity contribution in [3.8, 4) is 22.6 Å². The Balaban J connectivity index is 1.32. The van der Waals surface area contributed by atoms with Crippen molar-refractivity contribution in [2.45, 2.75) is 25.1 Å². The van der Waals surface area contributed by atoms with E-state index in [1.807, 2.05) is 0 Å². The van der Waals surface area contributed by atoms with Crippen molar-refractivity contribution in [2.24, 2.45) is 0 Å². The van der Waals surface area contributed by atoms with Crippen LogP contribution in [0.4, 0.5) is 24.7 Å². The van der Waals surface area contributed by atoms with Crippen molar-refractivity contribution < 1.29 is 27.2 Å². The minimum absolute atomic E-state index is 0.00104. The maximum Gasteiger partial charge on any atom is 0.416 e. The predicted octanol–water partition coefficient (Wildman–Crippen LogP) is 5.39. The maximum absolute atomic E-state index is 13.1.